The van der Waals surface area contributed by atoms with Gasteiger partial charge in [-0.25, -0.2) is 0 Å². The summed E-state index contributed by atoms with van der Waals surface area (Å²) in [6.07, 6.45) is -0.267. The number of thiol groups is 1. The van der Waals surface area contributed by atoms with E-state index in [0.29, 0.717) is 18.7 Å². The summed E-state index contributed by atoms with van der Waals surface area (Å²) in [6, 6.07) is 0. The zero-order chi connectivity index (χ0) is 16.1. The van der Waals surface area contributed by atoms with Gasteiger partial charge in [0.25, 0.3) is 0 Å². The molecule has 0 aromatic heterocycles. The second-order valence-corrected chi connectivity index (χ2v) is 4.85. The molecule has 124 valence electrons. The number of aliphatic hydroxyl groups excluding tert-OH is 1. The molecule has 2 N–H and O–H groups in total. The fourth-order valence-corrected chi connectivity index (χ4v) is 1.49. The largest absolute Gasteiger partial charge is 0.460 e. The van der Waals surface area contributed by atoms with Crippen LogP contribution in [-0.4, -0.2) is 62.0 Å². The van der Waals surface area contributed by atoms with Crippen LogP contribution in [0.25, 0.3) is 0 Å². The second-order valence-electron chi connectivity index (χ2n) is 4.40. The van der Waals surface area contributed by atoms with Crippen LogP contribution in [-0.2, 0) is 23.8 Å². The topological polar surface area (TPSA) is 94.1 Å². The molecule has 1 amide bonds. The van der Waals surface area contributed by atoms with E-state index in [4.69, 9.17) is 19.3 Å². The van der Waals surface area contributed by atoms with Crippen molar-refractivity contribution in [3.63, 3.8) is 0 Å². The minimum absolute atomic E-state index is 0.0501. The first-order valence-corrected chi connectivity index (χ1v) is 7.49. The molecule has 0 bridgehead atoms. The summed E-state index contributed by atoms with van der Waals surface area (Å²) >= 11 is 3.98. The molecule has 0 aromatic carbocycles. The highest BCUT2D eigenvalue weighted by atomic mass is 32.1. The highest BCUT2D eigenvalue weighted by Gasteiger charge is 2.15. The molecule has 21 heavy (non-hydrogen) atoms. The SMILES string of the molecule is COC(COC(=O)CCCC(=O)NCCS)OC(C)CO. The third kappa shape index (κ3) is 11.5. The van der Waals surface area contributed by atoms with Crippen molar-refractivity contribution in [2.45, 2.75) is 38.6 Å². The van der Waals surface area contributed by atoms with Crippen LogP contribution in [0.15, 0.2) is 0 Å². The van der Waals surface area contributed by atoms with E-state index < -0.39 is 18.4 Å². The van der Waals surface area contributed by atoms with Gasteiger partial charge in [0.1, 0.15) is 6.61 Å². The minimum Gasteiger partial charge on any atom is -0.460 e. The van der Waals surface area contributed by atoms with Gasteiger partial charge in [0.15, 0.2) is 6.29 Å². The van der Waals surface area contributed by atoms with Crippen LogP contribution in [0.3, 0.4) is 0 Å². The molecule has 0 spiro atoms. The summed E-state index contributed by atoms with van der Waals surface area (Å²) < 4.78 is 15.2. The standard InChI is InChI=1S/C13H25NO6S/c1-10(8-15)20-13(18-2)9-19-12(17)5-3-4-11(16)14-6-7-21/h10,13,15,21H,3-9H2,1-2H3,(H,14,16). The monoisotopic (exact) mass is 323 g/mol. The number of aliphatic hydroxyl groups is 1. The first kappa shape index (κ1) is 20.2. The molecule has 0 aliphatic heterocycles. The Hall–Kier alpha value is -0.830. The highest BCUT2D eigenvalue weighted by molar-refractivity contribution is 7.80. The van der Waals surface area contributed by atoms with Gasteiger partial charge in [-0.2, -0.15) is 12.6 Å². The molecular formula is C13H25NO6S. The number of ether oxygens (including phenoxy) is 3. The van der Waals surface area contributed by atoms with Crippen molar-refractivity contribution in [2.75, 3.05) is 32.6 Å². The number of amides is 1. The lowest BCUT2D eigenvalue weighted by Gasteiger charge is -2.19. The Balaban J connectivity index is 3.75. The van der Waals surface area contributed by atoms with Crippen LogP contribution in [0.2, 0.25) is 0 Å². The summed E-state index contributed by atoms with van der Waals surface area (Å²) in [6.45, 7) is 2.00. The molecule has 0 aliphatic carbocycles. The maximum atomic E-state index is 11.5. The average molecular weight is 323 g/mol. The van der Waals surface area contributed by atoms with Gasteiger partial charge in [-0.15, -0.1) is 0 Å². The van der Waals surface area contributed by atoms with Crippen LogP contribution in [0, 0.1) is 0 Å². The molecule has 2 atom stereocenters. The predicted octanol–water partition coefficient (Wildman–Crippen LogP) is 0.116. The van der Waals surface area contributed by atoms with Crippen molar-refractivity contribution in [1.29, 1.82) is 0 Å². The minimum atomic E-state index is -0.713. The van der Waals surface area contributed by atoms with E-state index in [1.54, 1.807) is 6.92 Å². The lowest BCUT2D eigenvalue weighted by atomic mass is 10.2. The highest BCUT2D eigenvalue weighted by Crippen LogP contribution is 2.03. The molecule has 0 saturated heterocycles. The Kier molecular flexibility index (Phi) is 12.4. The fourth-order valence-electron chi connectivity index (χ4n) is 1.38. The van der Waals surface area contributed by atoms with Crippen molar-refractivity contribution in [1.82, 2.24) is 5.32 Å². The third-order valence-electron chi connectivity index (χ3n) is 2.50. The van der Waals surface area contributed by atoms with Crippen molar-refractivity contribution >= 4 is 24.5 Å². The molecule has 0 aliphatic rings. The van der Waals surface area contributed by atoms with E-state index in [-0.39, 0.29) is 32.0 Å². The van der Waals surface area contributed by atoms with Crippen molar-refractivity contribution in [3.05, 3.63) is 0 Å². The zero-order valence-corrected chi connectivity index (χ0v) is 13.4. The van der Waals surface area contributed by atoms with Crippen LogP contribution < -0.4 is 5.32 Å². The Morgan fingerprint density at radius 1 is 1.33 bits per heavy atom. The number of carbonyl (C=O) groups is 2. The van der Waals surface area contributed by atoms with Crippen molar-refractivity contribution < 1.29 is 28.9 Å². The van der Waals surface area contributed by atoms with Crippen molar-refractivity contribution in [2.24, 2.45) is 0 Å². The Morgan fingerprint density at radius 2 is 2.05 bits per heavy atom. The molecular weight excluding hydrogens is 298 g/mol. The maximum Gasteiger partial charge on any atom is 0.305 e. The molecule has 0 fully saturated rings. The number of hydrogen-bond acceptors (Lipinski definition) is 7. The summed E-state index contributed by atoms with van der Waals surface area (Å²) in [5, 5.41) is 11.5. The first-order chi connectivity index (χ1) is 10.0. The van der Waals surface area contributed by atoms with Crippen LogP contribution in [0.4, 0.5) is 0 Å². The molecule has 0 aromatic rings. The van der Waals surface area contributed by atoms with E-state index >= 15 is 0 Å². The Labute approximate surface area is 130 Å². The van der Waals surface area contributed by atoms with Gasteiger partial charge in [-0.3, -0.25) is 9.59 Å². The van der Waals surface area contributed by atoms with E-state index in [1.165, 1.54) is 7.11 Å². The van der Waals surface area contributed by atoms with Crippen LogP contribution in [0.1, 0.15) is 26.2 Å². The predicted molar refractivity (Wildman–Crippen MR) is 80.1 cm³/mol. The molecule has 0 heterocycles. The molecule has 0 rings (SSSR count). The van der Waals surface area contributed by atoms with Gasteiger partial charge in [-0.1, -0.05) is 0 Å². The number of methoxy groups -OCH3 is 1. The molecule has 7 nitrogen and oxygen atoms in total. The maximum absolute atomic E-state index is 11.5. The average Bonchev–Trinajstić information content (AvgIpc) is 2.48. The van der Waals surface area contributed by atoms with Gasteiger partial charge in [0.2, 0.25) is 5.91 Å². The van der Waals surface area contributed by atoms with Crippen molar-refractivity contribution in [3.8, 4) is 0 Å². The van der Waals surface area contributed by atoms with E-state index in [9.17, 15) is 9.59 Å². The summed E-state index contributed by atoms with van der Waals surface area (Å²) in [4.78, 5) is 22.8. The summed E-state index contributed by atoms with van der Waals surface area (Å²) in [7, 11) is 1.42. The zero-order valence-electron chi connectivity index (χ0n) is 12.5. The lowest BCUT2D eigenvalue weighted by Crippen LogP contribution is -2.29. The third-order valence-corrected chi connectivity index (χ3v) is 2.73. The smallest absolute Gasteiger partial charge is 0.305 e. The lowest BCUT2D eigenvalue weighted by molar-refractivity contribution is -0.191. The normalized spacial score (nSPS) is 13.5. The van der Waals surface area contributed by atoms with E-state index in [0.717, 1.165) is 0 Å². The van der Waals surface area contributed by atoms with Crippen LogP contribution in [0.5, 0.6) is 0 Å². The first-order valence-electron chi connectivity index (χ1n) is 6.85. The molecule has 8 heteroatoms. The Morgan fingerprint density at radius 3 is 2.62 bits per heavy atom. The van der Waals surface area contributed by atoms with Gasteiger partial charge in [0, 0.05) is 32.2 Å². The van der Waals surface area contributed by atoms with Gasteiger partial charge in [-0.05, 0) is 13.3 Å². The fraction of sp³-hybridized carbons (Fsp3) is 0.846. The van der Waals surface area contributed by atoms with Crippen LogP contribution >= 0.6 is 12.6 Å². The van der Waals surface area contributed by atoms with E-state index in [2.05, 4.69) is 17.9 Å². The van der Waals surface area contributed by atoms with Gasteiger partial charge < -0.3 is 24.6 Å². The quantitative estimate of drug-likeness (QED) is 0.268. The number of esters is 1. The molecule has 0 saturated carbocycles. The number of carbonyl (C=O) groups excluding carboxylic acids is 2. The number of hydrogen-bond donors (Lipinski definition) is 3. The molecule has 0 radical (unpaired) electrons. The number of rotatable bonds is 12. The summed E-state index contributed by atoms with van der Waals surface area (Å²) in [5.74, 6) is 0.0596. The van der Waals surface area contributed by atoms with Gasteiger partial charge >= 0.3 is 5.97 Å². The molecule has 2 unspecified atom stereocenters. The number of nitrogens with one attached hydrogen (secondary N) is 1. The summed E-state index contributed by atoms with van der Waals surface area (Å²) in [5.41, 5.74) is 0. The second kappa shape index (κ2) is 12.9. The Bertz CT molecular complexity index is 302. The van der Waals surface area contributed by atoms with Gasteiger partial charge in [0.05, 0.1) is 12.7 Å². The van der Waals surface area contributed by atoms with E-state index in [1.807, 2.05) is 0 Å².